The van der Waals surface area contributed by atoms with Crippen LogP contribution in [0.2, 0.25) is 0 Å². The Bertz CT molecular complexity index is 999. The summed E-state index contributed by atoms with van der Waals surface area (Å²) in [6, 6.07) is 8.76. The monoisotopic (exact) mass is 296 g/mol. The number of hydrogen-bond donors (Lipinski definition) is 1. The van der Waals surface area contributed by atoms with E-state index in [0.29, 0.717) is 33.3 Å². The number of para-hydroxylation sites is 1. The lowest BCUT2D eigenvalue weighted by Gasteiger charge is -2.08. The van der Waals surface area contributed by atoms with Gasteiger partial charge >= 0.3 is 5.97 Å². The summed E-state index contributed by atoms with van der Waals surface area (Å²) in [5, 5.41) is 10.1. The smallest absolute Gasteiger partial charge is 0.345 e. The molecule has 2 aromatic carbocycles. The van der Waals surface area contributed by atoms with Crippen LogP contribution in [0.25, 0.3) is 21.9 Å². The normalized spacial score (nSPS) is 16.7. The van der Waals surface area contributed by atoms with E-state index in [1.165, 1.54) is 0 Å². The molecule has 0 aliphatic carbocycles. The number of carbonyl (C=O) groups is 1. The minimum Gasteiger partial charge on any atom is -0.478 e. The van der Waals surface area contributed by atoms with E-state index in [4.69, 9.17) is 14.3 Å². The predicted molar refractivity (Wildman–Crippen MR) is 80.5 cm³/mol. The Morgan fingerprint density at radius 2 is 2.09 bits per heavy atom. The van der Waals surface area contributed by atoms with Crippen LogP contribution in [0.15, 0.2) is 39.5 Å². The van der Waals surface area contributed by atoms with Crippen molar-refractivity contribution >= 4 is 27.9 Å². The summed E-state index contributed by atoms with van der Waals surface area (Å²) < 4.78 is 11.4. The molecule has 0 spiro atoms. The highest BCUT2D eigenvalue weighted by Gasteiger charge is 2.32. The Balaban J connectivity index is 2.12. The maximum absolute atomic E-state index is 12.7. The fraction of sp³-hybridized carbons (Fsp3) is 0.176. The van der Waals surface area contributed by atoms with Gasteiger partial charge in [-0.1, -0.05) is 12.1 Å². The first-order chi connectivity index (χ1) is 10.6. The van der Waals surface area contributed by atoms with Crippen molar-refractivity contribution in [2.24, 2.45) is 0 Å². The third kappa shape index (κ3) is 1.65. The molecule has 1 N–H and O–H groups in total. The van der Waals surface area contributed by atoms with Gasteiger partial charge in [0.05, 0.1) is 10.8 Å². The maximum Gasteiger partial charge on any atom is 0.345 e. The first-order valence-electron chi connectivity index (χ1n) is 6.94. The highest BCUT2D eigenvalue weighted by atomic mass is 16.5. The van der Waals surface area contributed by atoms with Crippen LogP contribution in [0.1, 0.15) is 11.1 Å². The summed E-state index contributed by atoms with van der Waals surface area (Å²) in [6.45, 7) is 1.80. The zero-order valence-electron chi connectivity index (χ0n) is 11.8. The summed E-state index contributed by atoms with van der Waals surface area (Å²) in [5.41, 5.74) is 2.19. The summed E-state index contributed by atoms with van der Waals surface area (Å²) in [7, 11) is 0. The quantitative estimate of drug-likeness (QED) is 0.699. The molecule has 0 saturated heterocycles. The molecule has 1 unspecified atom stereocenters. The molecule has 22 heavy (non-hydrogen) atoms. The number of ether oxygens (including phenoxy) is 1. The molecule has 0 saturated carbocycles. The zero-order valence-corrected chi connectivity index (χ0v) is 11.8. The topological polar surface area (TPSA) is 76.7 Å². The van der Waals surface area contributed by atoms with Crippen LogP contribution in [0.4, 0.5) is 0 Å². The molecule has 1 atom stereocenters. The van der Waals surface area contributed by atoms with Gasteiger partial charge in [-0.2, -0.15) is 0 Å². The van der Waals surface area contributed by atoms with Gasteiger partial charge in [0, 0.05) is 12.0 Å². The van der Waals surface area contributed by atoms with Gasteiger partial charge < -0.3 is 14.3 Å². The van der Waals surface area contributed by atoms with Crippen molar-refractivity contribution in [3.05, 3.63) is 51.7 Å². The van der Waals surface area contributed by atoms with Gasteiger partial charge in [0.25, 0.3) is 0 Å². The van der Waals surface area contributed by atoms with Crippen LogP contribution in [0.5, 0.6) is 5.75 Å². The van der Waals surface area contributed by atoms with Crippen molar-refractivity contribution in [2.45, 2.75) is 19.4 Å². The lowest BCUT2D eigenvalue weighted by molar-refractivity contribution is -0.144. The Morgan fingerprint density at radius 3 is 2.86 bits per heavy atom. The van der Waals surface area contributed by atoms with Crippen LogP contribution in [-0.2, 0) is 11.2 Å². The van der Waals surface area contributed by atoms with Crippen LogP contribution in [-0.4, -0.2) is 17.2 Å². The van der Waals surface area contributed by atoms with Gasteiger partial charge in [-0.25, -0.2) is 4.79 Å². The molecule has 3 aromatic rings. The second-order valence-electron chi connectivity index (χ2n) is 5.45. The Hall–Kier alpha value is -2.82. The van der Waals surface area contributed by atoms with E-state index in [0.717, 1.165) is 5.56 Å². The molecule has 0 fully saturated rings. The molecular formula is C17H12O5. The minimum absolute atomic E-state index is 0.101. The Morgan fingerprint density at radius 1 is 1.32 bits per heavy atom. The standard InChI is InChI=1S/C17H12O5/c1-8-6-12-10(7-13(21-12)17(19)20)16-14(8)15(18)9-4-2-3-5-11(9)22-16/h2-6,13H,7H2,1H3,(H,19,20). The molecule has 2 heterocycles. The first-order valence-corrected chi connectivity index (χ1v) is 6.94. The van der Waals surface area contributed by atoms with Gasteiger partial charge in [-0.05, 0) is 30.7 Å². The number of benzene rings is 2. The summed E-state index contributed by atoms with van der Waals surface area (Å²) in [4.78, 5) is 23.9. The van der Waals surface area contributed by atoms with Crippen molar-refractivity contribution in [1.82, 2.24) is 0 Å². The van der Waals surface area contributed by atoms with Crippen molar-refractivity contribution in [2.75, 3.05) is 0 Å². The number of hydrogen-bond acceptors (Lipinski definition) is 4. The Labute approximate surface area is 124 Å². The molecule has 0 bridgehead atoms. The lowest BCUT2D eigenvalue weighted by atomic mass is 10.0. The summed E-state index contributed by atoms with van der Waals surface area (Å²) >= 11 is 0. The van der Waals surface area contributed by atoms with E-state index in [-0.39, 0.29) is 11.8 Å². The number of fused-ring (bicyclic) bond motifs is 4. The molecular weight excluding hydrogens is 284 g/mol. The van der Waals surface area contributed by atoms with Crippen LogP contribution < -0.4 is 10.2 Å². The fourth-order valence-corrected chi connectivity index (χ4v) is 3.00. The molecule has 0 amide bonds. The third-order valence-electron chi connectivity index (χ3n) is 4.05. The van der Waals surface area contributed by atoms with Crippen molar-refractivity contribution in [3.8, 4) is 5.75 Å². The average molecular weight is 296 g/mol. The van der Waals surface area contributed by atoms with Crippen molar-refractivity contribution in [3.63, 3.8) is 0 Å². The van der Waals surface area contributed by atoms with Crippen molar-refractivity contribution in [1.29, 1.82) is 0 Å². The van der Waals surface area contributed by atoms with Crippen molar-refractivity contribution < 1.29 is 19.1 Å². The molecule has 5 heteroatoms. The van der Waals surface area contributed by atoms with Gasteiger partial charge in [0.1, 0.15) is 16.9 Å². The number of aryl methyl sites for hydroxylation is 1. The third-order valence-corrected chi connectivity index (χ3v) is 4.05. The molecule has 1 aromatic heterocycles. The summed E-state index contributed by atoms with van der Waals surface area (Å²) in [5.74, 6) is -0.541. The molecule has 5 nitrogen and oxygen atoms in total. The highest BCUT2D eigenvalue weighted by Crippen LogP contribution is 2.37. The molecule has 110 valence electrons. The van der Waals surface area contributed by atoms with E-state index in [1.54, 1.807) is 37.3 Å². The number of aliphatic carboxylic acids is 1. The van der Waals surface area contributed by atoms with E-state index in [9.17, 15) is 9.59 Å². The number of carboxylic acid groups (broad SMARTS) is 1. The molecule has 1 aliphatic heterocycles. The zero-order chi connectivity index (χ0) is 15.4. The Kier molecular flexibility index (Phi) is 2.54. The van der Waals surface area contributed by atoms with Gasteiger partial charge in [0.2, 0.25) is 5.43 Å². The number of rotatable bonds is 1. The van der Waals surface area contributed by atoms with Gasteiger partial charge in [-0.3, -0.25) is 4.79 Å². The van der Waals surface area contributed by atoms with Crippen LogP contribution >= 0.6 is 0 Å². The van der Waals surface area contributed by atoms with Crippen LogP contribution in [0.3, 0.4) is 0 Å². The maximum atomic E-state index is 12.7. The largest absolute Gasteiger partial charge is 0.478 e. The summed E-state index contributed by atoms with van der Waals surface area (Å²) in [6.07, 6.45) is -0.736. The average Bonchev–Trinajstić information content (AvgIpc) is 2.91. The van der Waals surface area contributed by atoms with E-state index >= 15 is 0 Å². The van der Waals surface area contributed by atoms with E-state index < -0.39 is 12.1 Å². The fourth-order valence-electron chi connectivity index (χ4n) is 3.00. The first kappa shape index (κ1) is 12.9. The second-order valence-corrected chi connectivity index (χ2v) is 5.45. The molecule has 4 rings (SSSR count). The highest BCUT2D eigenvalue weighted by molar-refractivity contribution is 5.95. The number of carboxylic acids is 1. The molecule has 0 radical (unpaired) electrons. The molecule has 1 aliphatic rings. The van der Waals surface area contributed by atoms with Gasteiger partial charge in [0.15, 0.2) is 6.10 Å². The second kappa shape index (κ2) is 4.34. The SMILES string of the molecule is Cc1cc2c(c3oc4ccccc4c(=O)c13)CC(C(=O)O)O2. The predicted octanol–water partition coefficient (Wildman–Crippen LogP) is 2.64. The van der Waals surface area contributed by atoms with Crippen LogP contribution in [0, 0.1) is 6.92 Å². The lowest BCUT2D eigenvalue weighted by Crippen LogP contribution is -2.24. The minimum atomic E-state index is -1.02. The van der Waals surface area contributed by atoms with E-state index in [2.05, 4.69) is 0 Å². The van der Waals surface area contributed by atoms with E-state index in [1.807, 2.05) is 0 Å². The van der Waals surface area contributed by atoms with Gasteiger partial charge in [-0.15, -0.1) is 0 Å².